The molecule has 1 fully saturated rings. The van der Waals surface area contributed by atoms with Gasteiger partial charge in [-0.2, -0.15) is 0 Å². The van der Waals surface area contributed by atoms with Crippen molar-refractivity contribution in [1.82, 2.24) is 4.72 Å². The number of hydrogen-bond acceptors (Lipinski definition) is 5. The highest BCUT2D eigenvalue weighted by Gasteiger charge is 2.34. The smallest absolute Gasteiger partial charge is 0.271 e. The maximum absolute atomic E-state index is 12.5. The summed E-state index contributed by atoms with van der Waals surface area (Å²) >= 11 is 0. The number of nitrogens with two attached hydrogens (primary N) is 1. The Kier molecular flexibility index (Phi) is 4.31. The summed E-state index contributed by atoms with van der Waals surface area (Å²) < 4.78 is 27.6. The van der Waals surface area contributed by atoms with Gasteiger partial charge in [-0.1, -0.05) is 0 Å². The summed E-state index contributed by atoms with van der Waals surface area (Å²) in [6, 6.07) is 2.16. The van der Waals surface area contributed by atoms with E-state index >= 15 is 0 Å². The summed E-state index contributed by atoms with van der Waals surface area (Å²) in [4.78, 5) is 10.3. The van der Waals surface area contributed by atoms with Crippen LogP contribution in [-0.2, 0) is 10.0 Å². The van der Waals surface area contributed by atoms with Gasteiger partial charge in [-0.25, -0.2) is 13.1 Å². The van der Waals surface area contributed by atoms with E-state index in [1.807, 2.05) is 0 Å². The first kappa shape index (κ1) is 15.9. The molecule has 1 atom stereocenters. The van der Waals surface area contributed by atoms with E-state index in [9.17, 15) is 18.5 Å². The van der Waals surface area contributed by atoms with Gasteiger partial charge in [0.2, 0.25) is 10.0 Å². The molecule has 0 spiro atoms. The lowest BCUT2D eigenvalue weighted by Crippen LogP contribution is -2.41. The molecule has 0 bridgehead atoms. The van der Waals surface area contributed by atoms with Crippen LogP contribution in [0, 0.1) is 29.9 Å². The topological polar surface area (TPSA) is 115 Å². The third-order valence-electron chi connectivity index (χ3n) is 3.86. The van der Waals surface area contributed by atoms with Gasteiger partial charge in [0.15, 0.2) is 0 Å². The molecule has 1 aromatic rings. The van der Waals surface area contributed by atoms with Crippen LogP contribution in [0.25, 0.3) is 0 Å². The Hall–Kier alpha value is -1.51. The molecule has 21 heavy (non-hydrogen) atoms. The number of benzene rings is 1. The van der Waals surface area contributed by atoms with Crippen molar-refractivity contribution in [2.75, 3.05) is 6.54 Å². The molecule has 1 saturated carbocycles. The Morgan fingerprint density at radius 3 is 2.52 bits per heavy atom. The molecule has 0 aromatic heterocycles. The monoisotopic (exact) mass is 313 g/mol. The molecule has 1 unspecified atom stereocenters. The van der Waals surface area contributed by atoms with Crippen LogP contribution in [0.4, 0.5) is 5.69 Å². The Morgan fingerprint density at radius 2 is 2.05 bits per heavy atom. The molecule has 0 aliphatic heterocycles. The number of rotatable bonds is 6. The fourth-order valence-corrected chi connectivity index (χ4v) is 3.95. The molecule has 8 heteroatoms. The predicted molar refractivity (Wildman–Crippen MR) is 78.5 cm³/mol. The van der Waals surface area contributed by atoms with Crippen LogP contribution in [0.3, 0.4) is 0 Å². The third-order valence-corrected chi connectivity index (χ3v) is 5.47. The van der Waals surface area contributed by atoms with Crippen molar-refractivity contribution in [3.8, 4) is 0 Å². The van der Waals surface area contributed by atoms with Crippen LogP contribution in [0.5, 0.6) is 0 Å². The van der Waals surface area contributed by atoms with Gasteiger partial charge in [0.25, 0.3) is 5.69 Å². The first-order valence-electron chi connectivity index (χ1n) is 6.74. The quantitative estimate of drug-likeness (QED) is 0.605. The van der Waals surface area contributed by atoms with E-state index in [1.165, 1.54) is 6.07 Å². The highest BCUT2D eigenvalue weighted by Crippen LogP contribution is 2.33. The molecule has 0 amide bonds. The van der Waals surface area contributed by atoms with E-state index in [2.05, 4.69) is 4.72 Å². The Labute approximate surface area is 123 Å². The minimum Gasteiger partial charge on any atom is -0.329 e. The lowest BCUT2D eigenvalue weighted by molar-refractivity contribution is -0.385. The summed E-state index contributed by atoms with van der Waals surface area (Å²) in [6.07, 6.45) is 1.91. The average molecular weight is 313 g/mol. The number of aryl methyl sites for hydroxylation is 1. The molecule has 1 aromatic carbocycles. The highest BCUT2D eigenvalue weighted by molar-refractivity contribution is 7.89. The first-order valence-corrected chi connectivity index (χ1v) is 8.22. The normalized spacial score (nSPS) is 16.7. The number of sulfonamides is 1. The van der Waals surface area contributed by atoms with E-state index in [0.717, 1.165) is 18.9 Å². The summed E-state index contributed by atoms with van der Waals surface area (Å²) in [5.41, 5.74) is 6.47. The molecule has 0 saturated heterocycles. The van der Waals surface area contributed by atoms with Crippen molar-refractivity contribution < 1.29 is 13.3 Å². The molecular weight excluding hydrogens is 294 g/mol. The fourth-order valence-electron chi connectivity index (χ4n) is 2.29. The zero-order valence-corrected chi connectivity index (χ0v) is 12.8. The molecular formula is C13H19N3O4S. The number of non-ortho nitro benzene ring substituents is 1. The van der Waals surface area contributed by atoms with Crippen molar-refractivity contribution >= 4 is 15.7 Å². The van der Waals surface area contributed by atoms with Crippen LogP contribution >= 0.6 is 0 Å². The zero-order valence-electron chi connectivity index (χ0n) is 12.0. The number of nitrogens with one attached hydrogen (secondary N) is 1. The zero-order chi connectivity index (χ0) is 15.8. The third kappa shape index (κ3) is 3.39. The largest absolute Gasteiger partial charge is 0.329 e. The van der Waals surface area contributed by atoms with Crippen molar-refractivity contribution in [1.29, 1.82) is 0 Å². The number of nitro benzene ring substituents is 1. The van der Waals surface area contributed by atoms with Gasteiger partial charge in [0, 0.05) is 24.7 Å². The maximum Gasteiger partial charge on any atom is 0.271 e. The minimum absolute atomic E-state index is 0.0479. The maximum atomic E-state index is 12.5. The van der Waals surface area contributed by atoms with Crippen LogP contribution < -0.4 is 10.5 Å². The van der Waals surface area contributed by atoms with Crippen molar-refractivity contribution in [3.63, 3.8) is 0 Å². The summed E-state index contributed by atoms with van der Waals surface area (Å²) in [5, 5.41) is 10.9. The predicted octanol–water partition coefficient (Wildman–Crippen LogP) is 1.23. The van der Waals surface area contributed by atoms with Crippen LogP contribution in [-0.4, -0.2) is 25.9 Å². The van der Waals surface area contributed by atoms with E-state index in [1.54, 1.807) is 13.8 Å². The second kappa shape index (κ2) is 5.70. The van der Waals surface area contributed by atoms with Gasteiger partial charge >= 0.3 is 0 Å². The Balaban J connectivity index is 2.41. The van der Waals surface area contributed by atoms with E-state index < -0.39 is 14.9 Å². The Bertz CT molecular complexity index is 668. The standard InChI is InChI=1S/C13H19N3O4S/c1-8-5-11(16(17)18)6-13(9(8)2)21(19,20)15-12(7-14)10-3-4-10/h5-6,10,12,15H,3-4,7,14H2,1-2H3. The van der Waals surface area contributed by atoms with Gasteiger partial charge in [-0.05, 0) is 43.7 Å². The average Bonchev–Trinajstić information content (AvgIpc) is 3.22. The number of nitro groups is 1. The van der Waals surface area contributed by atoms with E-state index in [-0.39, 0.29) is 29.1 Å². The SMILES string of the molecule is Cc1cc([N+](=O)[O-])cc(S(=O)(=O)NC(CN)C2CC2)c1C. The first-order chi connectivity index (χ1) is 9.76. The summed E-state index contributed by atoms with van der Waals surface area (Å²) in [5.74, 6) is 0.268. The van der Waals surface area contributed by atoms with Gasteiger partial charge in [-0.15, -0.1) is 0 Å². The van der Waals surface area contributed by atoms with Crippen LogP contribution in [0.15, 0.2) is 17.0 Å². The lowest BCUT2D eigenvalue weighted by atomic mass is 10.1. The molecule has 116 valence electrons. The van der Waals surface area contributed by atoms with Crippen molar-refractivity contribution in [2.24, 2.45) is 11.7 Å². The molecule has 0 radical (unpaired) electrons. The lowest BCUT2D eigenvalue weighted by Gasteiger charge is -2.17. The molecule has 1 aliphatic carbocycles. The van der Waals surface area contributed by atoms with E-state index in [0.29, 0.717) is 11.1 Å². The second-order valence-corrected chi connectivity index (χ2v) is 7.13. The van der Waals surface area contributed by atoms with Gasteiger partial charge in [-0.3, -0.25) is 10.1 Å². The van der Waals surface area contributed by atoms with Gasteiger partial charge < -0.3 is 5.73 Å². The molecule has 1 aliphatic rings. The second-order valence-electron chi connectivity index (χ2n) is 5.44. The van der Waals surface area contributed by atoms with Crippen LogP contribution in [0.1, 0.15) is 24.0 Å². The molecule has 7 nitrogen and oxygen atoms in total. The molecule has 2 rings (SSSR count). The highest BCUT2D eigenvalue weighted by atomic mass is 32.2. The fraction of sp³-hybridized carbons (Fsp3) is 0.538. The van der Waals surface area contributed by atoms with Gasteiger partial charge in [0.05, 0.1) is 9.82 Å². The van der Waals surface area contributed by atoms with Crippen molar-refractivity contribution in [2.45, 2.75) is 37.6 Å². The van der Waals surface area contributed by atoms with Crippen molar-refractivity contribution in [3.05, 3.63) is 33.4 Å². The number of nitrogens with zero attached hydrogens (tertiary/aromatic N) is 1. The molecule has 0 heterocycles. The van der Waals surface area contributed by atoms with Gasteiger partial charge in [0.1, 0.15) is 0 Å². The Morgan fingerprint density at radius 1 is 1.43 bits per heavy atom. The van der Waals surface area contributed by atoms with E-state index in [4.69, 9.17) is 5.73 Å². The summed E-state index contributed by atoms with van der Waals surface area (Å²) in [7, 11) is -3.82. The minimum atomic E-state index is -3.82. The number of hydrogen-bond donors (Lipinski definition) is 2. The molecule has 3 N–H and O–H groups in total. The summed E-state index contributed by atoms with van der Waals surface area (Å²) in [6.45, 7) is 3.52. The van der Waals surface area contributed by atoms with Crippen LogP contribution in [0.2, 0.25) is 0 Å².